The number of hydrogen-bond acceptors (Lipinski definition) is 4. The number of nitrogens with zero attached hydrogens (tertiary/aromatic N) is 2. The molecule has 0 atom stereocenters. The van der Waals surface area contributed by atoms with Gasteiger partial charge in [0.1, 0.15) is 5.82 Å². The molecule has 1 aliphatic rings. The molecule has 1 amide bonds. The number of amides is 1. The van der Waals surface area contributed by atoms with Crippen LogP contribution in [0, 0.1) is 5.82 Å². The second-order valence-corrected chi connectivity index (χ2v) is 6.87. The van der Waals surface area contributed by atoms with Crippen LogP contribution in [-0.4, -0.2) is 33.5 Å². The van der Waals surface area contributed by atoms with Gasteiger partial charge < -0.3 is 10.1 Å². The van der Waals surface area contributed by atoms with Crippen LogP contribution in [0.5, 0.6) is 0 Å². The number of carbonyl (C=O) groups excluding carboxylic acids is 2. The van der Waals surface area contributed by atoms with Gasteiger partial charge in [0, 0.05) is 17.5 Å². The first-order valence-corrected chi connectivity index (χ1v) is 9.28. The van der Waals surface area contributed by atoms with Gasteiger partial charge >= 0.3 is 5.97 Å². The summed E-state index contributed by atoms with van der Waals surface area (Å²) < 4.78 is 13.9. The van der Waals surface area contributed by atoms with Crippen LogP contribution in [-0.2, 0) is 4.79 Å². The predicted molar refractivity (Wildman–Crippen MR) is 113 cm³/mol. The van der Waals surface area contributed by atoms with Crippen molar-refractivity contribution in [1.29, 1.82) is 0 Å². The minimum Gasteiger partial charge on any atom is -0.478 e. The Kier molecular flexibility index (Phi) is 5.04. The molecule has 7 nitrogen and oxygen atoms in total. The molecule has 1 aromatic heterocycles. The largest absolute Gasteiger partial charge is 0.478 e. The van der Waals surface area contributed by atoms with Gasteiger partial charge in [0.05, 0.1) is 28.1 Å². The molecular formula is C23H16FN3O4. The summed E-state index contributed by atoms with van der Waals surface area (Å²) in [4.78, 5) is 39.3. The summed E-state index contributed by atoms with van der Waals surface area (Å²) in [7, 11) is 0. The summed E-state index contributed by atoms with van der Waals surface area (Å²) >= 11 is 0. The predicted octanol–water partition coefficient (Wildman–Crippen LogP) is 3.89. The average Bonchev–Trinajstić information content (AvgIpc) is 3.34. The first kappa shape index (κ1) is 20.0. The summed E-state index contributed by atoms with van der Waals surface area (Å²) in [5.74, 6) is -2.53. The summed E-state index contributed by atoms with van der Waals surface area (Å²) in [5, 5.41) is 14.4. The zero-order valence-electron chi connectivity index (χ0n) is 16.3. The zero-order valence-corrected chi connectivity index (χ0v) is 16.3. The Morgan fingerprint density at radius 2 is 1.81 bits per heavy atom. The van der Waals surface area contributed by atoms with Crippen LogP contribution < -0.4 is 5.01 Å². The molecule has 3 aromatic rings. The van der Waals surface area contributed by atoms with Crippen LogP contribution in [0.1, 0.15) is 38.9 Å². The highest BCUT2D eigenvalue weighted by molar-refractivity contribution is 6.32. The van der Waals surface area contributed by atoms with Gasteiger partial charge in [0.15, 0.2) is 5.78 Å². The molecule has 0 bridgehead atoms. The maximum Gasteiger partial charge on any atom is 0.335 e. The molecule has 2 N–H and O–H groups in total. The van der Waals surface area contributed by atoms with E-state index < -0.39 is 23.5 Å². The third-order valence-electron chi connectivity index (χ3n) is 4.81. The maximum atomic E-state index is 13.9. The Hall–Kier alpha value is -4.33. The topological polar surface area (TPSA) is 103 Å². The molecule has 0 unspecified atom stereocenters. The molecule has 8 heteroatoms. The number of halogens is 1. The first-order chi connectivity index (χ1) is 14.8. The third-order valence-corrected chi connectivity index (χ3v) is 4.81. The molecule has 0 saturated heterocycles. The fourth-order valence-corrected chi connectivity index (χ4v) is 3.19. The van der Waals surface area contributed by atoms with Gasteiger partial charge in [0.2, 0.25) is 0 Å². The number of hydrazone groups is 1. The number of H-pyrrole nitrogens is 1. The molecule has 31 heavy (non-hydrogen) atoms. The van der Waals surface area contributed by atoms with Crippen LogP contribution in [0.2, 0.25) is 0 Å². The number of carboxylic acids is 1. The van der Waals surface area contributed by atoms with Crippen molar-refractivity contribution in [2.75, 3.05) is 5.01 Å². The van der Waals surface area contributed by atoms with E-state index in [1.54, 1.807) is 19.1 Å². The Morgan fingerprint density at radius 3 is 2.48 bits per heavy atom. The van der Waals surface area contributed by atoms with E-state index in [4.69, 9.17) is 5.11 Å². The van der Waals surface area contributed by atoms with Crippen molar-refractivity contribution in [3.05, 3.63) is 94.6 Å². The van der Waals surface area contributed by atoms with Crippen molar-refractivity contribution in [3.63, 3.8) is 0 Å². The SMILES string of the molecule is CC1=NN(c2ccc(C(=O)O)cc2)C(=O)/C1=C\c1cc(C(=O)c2ccccc2F)c[nH]1. The van der Waals surface area contributed by atoms with E-state index >= 15 is 0 Å². The number of ketones is 1. The summed E-state index contributed by atoms with van der Waals surface area (Å²) in [6.45, 7) is 1.67. The van der Waals surface area contributed by atoms with Gasteiger partial charge in [-0.2, -0.15) is 10.1 Å². The molecule has 154 valence electrons. The maximum absolute atomic E-state index is 13.9. The van der Waals surface area contributed by atoms with Gasteiger partial charge in [0.25, 0.3) is 5.91 Å². The van der Waals surface area contributed by atoms with Crippen LogP contribution in [0.15, 0.2) is 71.5 Å². The highest BCUT2D eigenvalue weighted by Gasteiger charge is 2.29. The second-order valence-electron chi connectivity index (χ2n) is 6.87. The molecule has 1 aliphatic heterocycles. The van der Waals surface area contributed by atoms with E-state index in [0.717, 1.165) is 0 Å². The second kappa shape index (κ2) is 7.83. The fourth-order valence-electron chi connectivity index (χ4n) is 3.19. The molecule has 4 rings (SSSR count). The number of aromatic nitrogens is 1. The van der Waals surface area contributed by atoms with E-state index in [1.165, 1.54) is 59.7 Å². The van der Waals surface area contributed by atoms with Crippen LogP contribution in [0.25, 0.3) is 6.08 Å². The van der Waals surface area contributed by atoms with Gasteiger partial charge in [-0.15, -0.1) is 0 Å². The number of carbonyl (C=O) groups is 3. The lowest BCUT2D eigenvalue weighted by molar-refractivity contribution is -0.114. The Labute approximate surface area is 176 Å². The minimum absolute atomic E-state index is 0.0358. The molecule has 0 fully saturated rings. The molecule has 2 heterocycles. The smallest absolute Gasteiger partial charge is 0.335 e. The van der Waals surface area contributed by atoms with E-state index in [2.05, 4.69) is 10.1 Å². The highest BCUT2D eigenvalue weighted by atomic mass is 19.1. The van der Waals surface area contributed by atoms with Crippen molar-refractivity contribution in [2.45, 2.75) is 6.92 Å². The van der Waals surface area contributed by atoms with Crippen LogP contribution in [0.3, 0.4) is 0 Å². The van der Waals surface area contributed by atoms with E-state index in [0.29, 0.717) is 22.7 Å². The van der Waals surface area contributed by atoms with Gasteiger partial charge in [-0.3, -0.25) is 9.59 Å². The number of carboxylic acid groups (broad SMARTS) is 1. The molecule has 0 spiro atoms. The van der Waals surface area contributed by atoms with E-state index in [-0.39, 0.29) is 16.7 Å². The van der Waals surface area contributed by atoms with Gasteiger partial charge in [-0.1, -0.05) is 12.1 Å². The summed E-state index contributed by atoms with van der Waals surface area (Å²) in [5.41, 5.74) is 2.02. The third kappa shape index (κ3) is 3.78. The first-order valence-electron chi connectivity index (χ1n) is 9.28. The number of nitrogens with one attached hydrogen (secondary N) is 1. The quantitative estimate of drug-likeness (QED) is 0.486. The number of benzene rings is 2. The normalized spacial score (nSPS) is 14.8. The van der Waals surface area contributed by atoms with E-state index in [1.807, 2.05) is 0 Å². The lowest BCUT2D eigenvalue weighted by Gasteiger charge is -2.11. The molecule has 0 saturated carbocycles. The molecule has 0 radical (unpaired) electrons. The number of anilines is 1. The van der Waals surface area contributed by atoms with Crippen molar-refractivity contribution in [3.8, 4) is 0 Å². The fraction of sp³-hybridized carbons (Fsp3) is 0.0435. The molecular weight excluding hydrogens is 401 g/mol. The lowest BCUT2D eigenvalue weighted by atomic mass is 10.0. The van der Waals surface area contributed by atoms with Crippen molar-refractivity contribution >= 4 is 35.1 Å². The summed E-state index contributed by atoms with van der Waals surface area (Å²) in [6.07, 6.45) is 3.01. The number of aromatic amines is 1. The Balaban J connectivity index is 1.58. The van der Waals surface area contributed by atoms with E-state index in [9.17, 15) is 18.8 Å². The van der Waals surface area contributed by atoms with Gasteiger partial charge in [-0.25, -0.2) is 9.18 Å². The molecule has 0 aliphatic carbocycles. The van der Waals surface area contributed by atoms with Crippen LogP contribution in [0.4, 0.5) is 10.1 Å². The number of hydrogen-bond donors (Lipinski definition) is 2. The standard InChI is InChI=1S/C23H16FN3O4/c1-13-19(22(29)27(26-13)17-8-6-14(7-9-17)23(30)31)11-16-10-15(12-25-16)21(28)18-4-2-3-5-20(18)24/h2-12,25H,1H3,(H,30,31)/b19-11-. The number of aromatic carboxylic acids is 1. The van der Waals surface area contributed by atoms with Crippen molar-refractivity contribution in [2.24, 2.45) is 5.10 Å². The lowest BCUT2D eigenvalue weighted by Crippen LogP contribution is -2.21. The number of rotatable bonds is 5. The average molecular weight is 417 g/mol. The Bertz CT molecular complexity index is 1270. The summed E-state index contributed by atoms with van der Waals surface area (Å²) in [6, 6.07) is 13.0. The monoisotopic (exact) mass is 417 g/mol. The van der Waals surface area contributed by atoms with Crippen molar-refractivity contribution in [1.82, 2.24) is 4.98 Å². The van der Waals surface area contributed by atoms with Gasteiger partial charge in [-0.05, 0) is 55.5 Å². The van der Waals surface area contributed by atoms with Crippen molar-refractivity contribution < 1.29 is 23.9 Å². The Morgan fingerprint density at radius 1 is 1.10 bits per heavy atom. The highest BCUT2D eigenvalue weighted by Crippen LogP contribution is 2.25. The zero-order chi connectivity index (χ0) is 22.1. The minimum atomic E-state index is -1.06. The molecule has 2 aromatic carbocycles. The van der Waals surface area contributed by atoms with Crippen LogP contribution >= 0.6 is 0 Å².